The van der Waals surface area contributed by atoms with Gasteiger partial charge >= 0.3 is 0 Å². The predicted octanol–water partition coefficient (Wildman–Crippen LogP) is 9.38. The molecule has 0 radical (unpaired) electrons. The van der Waals surface area contributed by atoms with E-state index in [2.05, 4.69) is 127 Å². The fourth-order valence-corrected chi connectivity index (χ4v) is 16.5. The molecule has 0 bridgehead atoms. The molecular weight excluding hydrogens is 651 g/mol. The summed E-state index contributed by atoms with van der Waals surface area (Å²) in [6.07, 6.45) is 38.8. The molecule has 2 nitrogen and oxygen atoms in total. The maximum atomic E-state index is 6.83. The van der Waals surface area contributed by atoms with Gasteiger partial charge in [-0.1, -0.05) is 118 Å². The monoisotopic (exact) mass is 697 g/mol. The number of fused-ring (bicyclic) bond motifs is 8. The van der Waals surface area contributed by atoms with E-state index in [1.54, 1.807) is 31.9 Å². The van der Waals surface area contributed by atoms with Crippen LogP contribution in [0.3, 0.4) is 0 Å². The summed E-state index contributed by atoms with van der Waals surface area (Å²) in [5.41, 5.74) is 12.0. The minimum Gasteiger partial charge on any atom is -0.489 e. The predicted molar refractivity (Wildman–Crippen MR) is 218 cm³/mol. The van der Waals surface area contributed by atoms with Gasteiger partial charge < -0.3 is 9.64 Å². The fourth-order valence-electron chi connectivity index (χ4n) is 11.4. The van der Waals surface area contributed by atoms with Gasteiger partial charge in [-0.2, -0.15) is 0 Å². The average molecular weight is 698 g/mol. The number of benzene rings is 2. The molecule has 9 aliphatic rings. The first-order valence-electron chi connectivity index (χ1n) is 19.9. The maximum Gasteiger partial charge on any atom is 0.124 e. The lowest BCUT2D eigenvalue weighted by Gasteiger charge is -2.38. The van der Waals surface area contributed by atoms with Crippen molar-refractivity contribution in [3.05, 3.63) is 165 Å². The molecule has 1 saturated heterocycles. The van der Waals surface area contributed by atoms with Crippen LogP contribution in [0.5, 0.6) is 0 Å². The summed E-state index contributed by atoms with van der Waals surface area (Å²) in [7, 11) is -1.74. The Balaban J connectivity index is 1.02. The highest BCUT2D eigenvalue weighted by Gasteiger charge is 2.47. The van der Waals surface area contributed by atoms with E-state index < -0.39 is 18.3 Å². The van der Waals surface area contributed by atoms with Crippen LogP contribution in [0.15, 0.2) is 153 Å². The number of nitrogens with zero attached hydrogens (tertiary/aromatic N) is 1. The second-order valence-electron chi connectivity index (χ2n) is 16.3. The van der Waals surface area contributed by atoms with Crippen molar-refractivity contribution in [2.45, 2.75) is 76.0 Å². The second-order valence-corrected chi connectivity index (χ2v) is 21.1. The lowest BCUT2D eigenvalue weighted by Crippen LogP contribution is -2.34. The van der Waals surface area contributed by atoms with Crippen LogP contribution in [-0.2, 0) is 4.74 Å². The van der Waals surface area contributed by atoms with Crippen LogP contribution in [-0.4, -0.2) is 30.5 Å². The lowest BCUT2D eigenvalue weighted by molar-refractivity contribution is 0.183. The largest absolute Gasteiger partial charge is 0.489 e. The van der Waals surface area contributed by atoms with Gasteiger partial charge in [0, 0.05) is 34.3 Å². The third kappa shape index (κ3) is 4.71. The molecule has 4 heteroatoms. The zero-order valence-corrected chi connectivity index (χ0v) is 32.3. The average Bonchev–Trinajstić information content (AvgIpc) is 3.84. The van der Waals surface area contributed by atoms with Crippen molar-refractivity contribution in [1.82, 2.24) is 0 Å². The van der Waals surface area contributed by atoms with Crippen molar-refractivity contribution in [1.29, 1.82) is 0 Å². The third-order valence-corrected chi connectivity index (χ3v) is 19.0. The van der Waals surface area contributed by atoms with Crippen molar-refractivity contribution >= 4 is 40.5 Å². The molecule has 6 aliphatic carbocycles. The van der Waals surface area contributed by atoms with Gasteiger partial charge in [0.15, 0.2) is 0 Å². The summed E-state index contributed by atoms with van der Waals surface area (Å²) in [5.74, 6) is 3.48. The minimum absolute atomic E-state index is 0.192. The first-order valence-corrected chi connectivity index (χ1v) is 23.6. The summed E-state index contributed by atoms with van der Waals surface area (Å²) < 4.78 is 6.83. The Morgan fingerprint density at radius 2 is 1.75 bits per heavy atom. The number of anilines is 2. The Bertz CT molecular complexity index is 2180. The second kappa shape index (κ2) is 12.0. The van der Waals surface area contributed by atoms with Crippen LogP contribution in [0.25, 0.3) is 5.57 Å². The molecule has 254 valence electrons. The van der Waals surface area contributed by atoms with Crippen LogP contribution in [0.4, 0.5) is 11.4 Å². The van der Waals surface area contributed by atoms with Gasteiger partial charge in [0.1, 0.15) is 11.9 Å². The molecule has 0 aromatic heterocycles. The van der Waals surface area contributed by atoms with Crippen LogP contribution in [0.2, 0.25) is 6.55 Å². The summed E-state index contributed by atoms with van der Waals surface area (Å²) in [6, 6.07) is 17.4. The van der Waals surface area contributed by atoms with Crippen molar-refractivity contribution in [2.75, 3.05) is 4.90 Å². The highest BCUT2D eigenvalue weighted by molar-refractivity contribution is 6.76. The Hall–Kier alpha value is -4.13. The number of hydrogen-bond donors (Lipinski definition) is 0. The number of hydrogen-bond acceptors (Lipinski definition) is 2. The maximum absolute atomic E-state index is 6.83. The van der Waals surface area contributed by atoms with Gasteiger partial charge in [0.2, 0.25) is 0 Å². The van der Waals surface area contributed by atoms with Gasteiger partial charge in [0.25, 0.3) is 0 Å². The van der Waals surface area contributed by atoms with Crippen molar-refractivity contribution in [2.24, 2.45) is 17.8 Å². The topological polar surface area (TPSA) is 12.5 Å². The molecule has 3 aliphatic heterocycles. The lowest BCUT2D eigenvalue weighted by atomic mass is 9.71. The molecular formula is C47H47NOSi2. The Kier molecular flexibility index (Phi) is 7.15. The van der Waals surface area contributed by atoms with E-state index in [0.717, 1.165) is 12.8 Å². The van der Waals surface area contributed by atoms with E-state index in [-0.39, 0.29) is 12.1 Å². The van der Waals surface area contributed by atoms with Crippen LogP contribution < -0.4 is 10.1 Å². The quantitative estimate of drug-likeness (QED) is 0.296. The Morgan fingerprint density at radius 3 is 2.73 bits per heavy atom. The van der Waals surface area contributed by atoms with Gasteiger partial charge in [-0.05, 0) is 110 Å². The molecule has 0 saturated carbocycles. The van der Waals surface area contributed by atoms with E-state index >= 15 is 0 Å². The summed E-state index contributed by atoms with van der Waals surface area (Å²) in [4.78, 5) is 2.78. The SMILES string of the molecule is C[SiH]1C2=CCC3C(=C2C2=C1CC(N(c1cccc(C4CCC=C5C=CCCC54)c1)c1cccc4c1C1=C(CCC=C1)[SiH2]4)C=C2)OC1C=CC=CC13. The summed E-state index contributed by atoms with van der Waals surface area (Å²) in [5, 5.41) is 6.79. The van der Waals surface area contributed by atoms with Crippen molar-refractivity contribution < 1.29 is 4.74 Å². The first kappa shape index (κ1) is 30.5. The normalized spacial score (nSPS) is 32.5. The fraction of sp³-hybridized carbons (Fsp3) is 0.319. The van der Waals surface area contributed by atoms with Crippen LogP contribution in [0.1, 0.15) is 68.4 Å². The highest BCUT2D eigenvalue weighted by Crippen LogP contribution is 2.54. The zero-order chi connectivity index (χ0) is 33.6. The van der Waals surface area contributed by atoms with Crippen molar-refractivity contribution in [3.8, 4) is 0 Å². The van der Waals surface area contributed by atoms with E-state index in [9.17, 15) is 0 Å². The van der Waals surface area contributed by atoms with Gasteiger partial charge in [0.05, 0.1) is 24.4 Å². The van der Waals surface area contributed by atoms with E-state index in [4.69, 9.17) is 4.74 Å². The first-order chi connectivity index (χ1) is 25.2. The van der Waals surface area contributed by atoms with Gasteiger partial charge in [-0.3, -0.25) is 0 Å². The molecule has 51 heavy (non-hydrogen) atoms. The van der Waals surface area contributed by atoms with E-state index in [0.29, 0.717) is 23.7 Å². The molecule has 0 N–H and O–H groups in total. The molecule has 0 spiro atoms. The molecule has 7 atom stereocenters. The number of ether oxygens (including phenoxy) is 1. The molecule has 0 amide bonds. The molecule has 2 aromatic rings. The minimum atomic E-state index is -1.32. The van der Waals surface area contributed by atoms with Crippen molar-refractivity contribution in [3.63, 3.8) is 0 Å². The summed E-state index contributed by atoms with van der Waals surface area (Å²) in [6.45, 7) is 2.60. The van der Waals surface area contributed by atoms with E-state index in [1.807, 2.05) is 0 Å². The molecule has 2 aromatic carbocycles. The Morgan fingerprint density at radius 1 is 0.843 bits per heavy atom. The van der Waals surface area contributed by atoms with Crippen LogP contribution >= 0.6 is 0 Å². The number of rotatable bonds is 4. The smallest absolute Gasteiger partial charge is 0.124 e. The standard InChI is InChI=1S/C47H47NOSi2/c1-51-43-26-25-36-35-16-4-6-20-40(35)49-47(36)46(43)38-24-23-32(28-44(38)51)48(39-19-10-22-42-45(39)37-17-5-7-21-41(37)50-42)31-14-8-13-30(27-31)34-18-9-12-29-11-2-3-15-33(29)34/h2,4-6,8,10-14,16-17,19-20,22-24,26-27,32-36,40,51H,3,7,9,15,18,21,25,28,50H2,1H3. The summed E-state index contributed by atoms with van der Waals surface area (Å²) >= 11 is 0. The van der Waals surface area contributed by atoms with Crippen LogP contribution in [0, 0.1) is 17.8 Å². The highest BCUT2D eigenvalue weighted by atomic mass is 28.3. The Labute approximate surface area is 307 Å². The molecule has 11 rings (SSSR count). The molecule has 3 heterocycles. The third-order valence-electron chi connectivity index (χ3n) is 13.8. The van der Waals surface area contributed by atoms with Gasteiger partial charge in [-0.15, -0.1) is 0 Å². The number of allylic oxidation sites excluding steroid dienone is 16. The van der Waals surface area contributed by atoms with Gasteiger partial charge in [-0.25, -0.2) is 0 Å². The molecule has 1 fully saturated rings. The zero-order valence-electron chi connectivity index (χ0n) is 29.7. The van der Waals surface area contributed by atoms with E-state index in [1.165, 1.54) is 77.9 Å². The molecule has 7 unspecified atom stereocenters.